The summed E-state index contributed by atoms with van der Waals surface area (Å²) >= 11 is 0. The van der Waals surface area contributed by atoms with Crippen LogP contribution in [-0.4, -0.2) is 32.2 Å². The smallest absolute Gasteiger partial charge is 0.228 e. The Morgan fingerprint density at radius 2 is 1.84 bits per heavy atom. The number of hydrogen-bond acceptors (Lipinski definition) is 5. The molecule has 3 heterocycles. The summed E-state index contributed by atoms with van der Waals surface area (Å²) in [6, 6.07) is 16.1. The van der Waals surface area contributed by atoms with E-state index in [4.69, 9.17) is 0 Å². The van der Waals surface area contributed by atoms with Crippen molar-refractivity contribution in [2.75, 3.05) is 16.8 Å². The first-order valence-electron chi connectivity index (χ1n) is 10.4. The molecule has 31 heavy (non-hydrogen) atoms. The molecule has 7 heteroatoms. The SMILES string of the molecule is Cc1cccc(NC(=O)Cc2ccc(CN3CCn4nc(C)c5ncnc3c54)cc2)c1. The highest BCUT2D eigenvalue weighted by Gasteiger charge is 2.23. The maximum absolute atomic E-state index is 12.4. The van der Waals surface area contributed by atoms with Crippen molar-refractivity contribution in [2.24, 2.45) is 0 Å². The van der Waals surface area contributed by atoms with Crippen LogP contribution in [0, 0.1) is 13.8 Å². The van der Waals surface area contributed by atoms with Crippen molar-refractivity contribution in [3.05, 3.63) is 77.2 Å². The van der Waals surface area contributed by atoms with Crippen LogP contribution < -0.4 is 10.2 Å². The maximum Gasteiger partial charge on any atom is 0.228 e. The fourth-order valence-corrected chi connectivity index (χ4v) is 4.12. The summed E-state index contributed by atoms with van der Waals surface area (Å²) in [5, 5.41) is 7.55. The van der Waals surface area contributed by atoms with E-state index in [0.29, 0.717) is 6.42 Å². The molecule has 1 amide bonds. The number of aromatic nitrogens is 4. The monoisotopic (exact) mass is 412 g/mol. The molecule has 0 aliphatic carbocycles. The molecule has 2 aromatic carbocycles. The summed E-state index contributed by atoms with van der Waals surface area (Å²) in [5.74, 6) is 0.917. The lowest BCUT2D eigenvalue weighted by Crippen LogP contribution is -2.32. The van der Waals surface area contributed by atoms with E-state index in [1.54, 1.807) is 6.33 Å². The predicted octanol–water partition coefficient (Wildman–Crippen LogP) is 3.64. The number of nitrogens with zero attached hydrogens (tertiary/aromatic N) is 5. The van der Waals surface area contributed by atoms with Gasteiger partial charge >= 0.3 is 0 Å². The average molecular weight is 412 g/mol. The first-order chi connectivity index (χ1) is 15.1. The number of aryl methyl sites for hydroxylation is 2. The molecule has 0 radical (unpaired) electrons. The third-order valence-corrected chi connectivity index (χ3v) is 5.62. The highest BCUT2D eigenvalue weighted by molar-refractivity contribution is 5.92. The molecule has 0 unspecified atom stereocenters. The molecule has 1 N–H and O–H groups in total. The van der Waals surface area contributed by atoms with Crippen molar-refractivity contribution in [3.8, 4) is 0 Å². The molecule has 0 saturated heterocycles. The van der Waals surface area contributed by atoms with Crippen molar-refractivity contribution in [1.29, 1.82) is 0 Å². The Hall–Kier alpha value is -3.74. The summed E-state index contributed by atoms with van der Waals surface area (Å²) < 4.78 is 2.01. The fourth-order valence-electron chi connectivity index (χ4n) is 4.12. The van der Waals surface area contributed by atoms with Gasteiger partial charge in [0.15, 0.2) is 5.82 Å². The standard InChI is InChI=1S/C24H24N6O/c1-16-4-3-5-20(12-16)27-21(31)13-18-6-8-19(9-7-18)14-29-10-11-30-23-22(17(2)28-30)25-15-26-24(23)29/h3-9,12,15H,10-11,13-14H2,1-2H3,(H,27,31). The van der Waals surface area contributed by atoms with E-state index in [9.17, 15) is 4.79 Å². The van der Waals surface area contributed by atoms with Crippen LogP contribution in [0.2, 0.25) is 0 Å². The molecule has 0 saturated carbocycles. The number of rotatable bonds is 5. The molecule has 156 valence electrons. The van der Waals surface area contributed by atoms with E-state index in [1.165, 1.54) is 5.56 Å². The highest BCUT2D eigenvalue weighted by atomic mass is 16.1. The van der Waals surface area contributed by atoms with Gasteiger partial charge in [0.05, 0.1) is 18.7 Å². The van der Waals surface area contributed by atoms with E-state index in [-0.39, 0.29) is 5.91 Å². The van der Waals surface area contributed by atoms with Gasteiger partial charge in [-0.25, -0.2) is 9.97 Å². The van der Waals surface area contributed by atoms with Gasteiger partial charge in [-0.3, -0.25) is 9.48 Å². The number of carbonyl (C=O) groups excluding carboxylic acids is 1. The van der Waals surface area contributed by atoms with Crippen LogP contribution in [0.5, 0.6) is 0 Å². The Morgan fingerprint density at radius 3 is 2.65 bits per heavy atom. The second-order valence-electron chi connectivity index (χ2n) is 8.04. The van der Waals surface area contributed by atoms with E-state index in [1.807, 2.05) is 54.9 Å². The van der Waals surface area contributed by atoms with Gasteiger partial charge in [0.25, 0.3) is 0 Å². The van der Waals surface area contributed by atoms with E-state index >= 15 is 0 Å². The minimum Gasteiger partial charge on any atom is -0.349 e. The van der Waals surface area contributed by atoms with Crippen molar-refractivity contribution in [3.63, 3.8) is 0 Å². The molecular weight excluding hydrogens is 388 g/mol. The number of anilines is 2. The summed E-state index contributed by atoms with van der Waals surface area (Å²) in [6.45, 7) is 6.42. The van der Waals surface area contributed by atoms with Crippen molar-refractivity contribution in [1.82, 2.24) is 19.7 Å². The van der Waals surface area contributed by atoms with Gasteiger partial charge in [-0.15, -0.1) is 0 Å². The molecule has 7 nitrogen and oxygen atoms in total. The minimum atomic E-state index is -0.0126. The molecular formula is C24H24N6O. The van der Waals surface area contributed by atoms with Crippen LogP contribution in [0.1, 0.15) is 22.4 Å². The number of carbonyl (C=O) groups is 1. The number of nitrogens with one attached hydrogen (secondary N) is 1. The summed E-state index contributed by atoms with van der Waals surface area (Å²) in [5.41, 5.74) is 7.00. The number of amides is 1. The Kier molecular flexibility index (Phi) is 4.86. The topological polar surface area (TPSA) is 75.9 Å². The zero-order valence-corrected chi connectivity index (χ0v) is 17.7. The average Bonchev–Trinajstić information content (AvgIpc) is 3.08. The van der Waals surface area contributed by atoms with Crippen LogP contribution >= 0.6 is 0 Å². The van der Waals surface area contributed by atoms with E-state index in [0.717, 1.165) is 59.0 Å². The van der Waals surface area contributed by atoms with Crippen LogP contribution in [0.3, 0.4) is 0 Å². The lowest BCUT2D eigenvalue weighted by atomic mass is 10.1. The second kappa shape index (κ2) is 7.83. The summed E-state index contributed by atoms with van der Waals surface area (Å²) in [7, 11) is 0. The van der Waals surface area contributed by atoms with E-state index < -0.39 is 0 Å². The lowest BCUT2D eigenvalue weighted by molar-refractivity contribution is -0.115. The largest absolute Gasteiger partial charge is 0.349 e. The normalized spacial score (nSPS) is 12.9. The molecule has 0 spiro atoms. The van der Waals surface area contributed by atoms with Gasteiger partial charge in [-0.2, -0.15) is 5.10 Å². The van der Waals surface area contributed by atoms with Crippen molar-refractivity contribution >= 4 is 28.4 Å². The third-order valence-electron chi connectivity index (χ3n) is 5.62. The van der Waals surface area contributed by atoms with Gasteiger partial charge in [0.1, 0.15) is 17.4 Å². The fraction of sp³-hybridized carbons (Fsp3) is 0.250. The number of hydrogen-bond donors (Lipinski definition) is 1. The molecule has 1 aliphatic rings. The van der Waals surface area contributed by atoms with Gasteiger partial charge in [0.2, 0.25) is 5.91 Å². The zero-order chi connectivity index (χ0) is 21.4. The van der Waals surface area contributed by atoms with Gasteiger partial charge in [-0.1, -0.05) is 36.4 Å². The summed E-state index contributed by atoms with van der Waals surface area (Å²) in [4.78, 5) is 23.6. The molecule has 0 bridgehead atoms. The third kappa shape index (κ3) is 3.86. The van der Waals surface area contributed by atoms with Crippen molar-refractivity contribution < 1.29 is 4.79 Å². The first-order valence-corrected chi connectivity index (χ1v) is 10.4. The molecule has 0 atom stereocenters. The minimum absolute atomic E-state index is 0.0126. The van der Waals surface area contributed by atoms with Gasteiger partial charge in [-0.05, 0) is 42.7 Å². The Morgan fingerprint density at radius 1 is 1.03 bits per heavy atom. The van der Waals surface area contributed by atoms with Crippen LogP contribution in [0.15, 0.2) is 54.9 Å². The van der Waals surface area contributed by atoms with Crippen molar-refractivity contribution in [2.45, 2.75) is 33.4 Å². The zero-order valence-electron chi connectivity index (χ0n) is 17.7. The molecule has 4 aromatic rings. The summed E-state index contributed by atoms with van der Waals surface area (Å²) in [6.07, 6.45) is 1.97. The molecule has 2 aromatic heterocycles. The number of benzene rings is 2. The molecule has 5 rings (SSSR count). The van der Waals surface area contributed by atoms with Gasteiger partial charge in [0, 0.05) is 18.8 Å². The second-order valence-corrected chi connectivity index (χ2v) is 8.04. The van der Waals surface area contributed by atoms with Crippen LogP contribution in [0.25, 0.3) is 11.0 Å². The molecule has 1 aliphatic heterocycles. The predicted molar refractivity (Wildman–Crippen MR) is 121 cm³/mol. The quantitative estimate of drug-likeness (QED) is 0.542. The Labute approximate surface area is 180 Å². The van der Waals surface area contributed by atoms with Crippen LogP contribution in [-0.2, 0) is 24.3 Å². The Bertz CT molecular complexity index is 1260. The first kappa shape index (κ1) is 19.2. The lowest BCUT2D eigenvalue weighted by Gasteiger charge is -2.28. The molecule has 0 fully saturated rings. The highest BCUT2D eigenvalue weighted by Crippen LogP contribution is 2.29. The van der Waals surface area contributed by atoms with Gasteiger partial charge < -0.3 is 10.2 Å². The van der Waals surface area contributed by atoms with E-state index in [2.05, 4.69) is 37.4 Å². The Balaban J connectivity index is 1.27. The van der Waals surface area contributed by atoms with Crippen LogP contribution in [0.4, 0.5) is 11.5 Å². The maximum atomic E-state index is 12.4.